The molecule has 0 radical (unpaired) electrons. The van der Waals surface area contributed by atoms with E-state index in [4.69, 9.17) is 5.73 Å². The third kappa shape index (κ3) is 3.77. The Labute approximate surface area is 122 Å². The van der Waals surface area contributed by atoms with Gasteiger partial charge in [0.25, 0.3) is 0 Å². The van der Waals surface area contributed by atoms with Crippen molar-refractivity contribution in [3.05, 3.63) is 42.1 Å². The van der Waals surface area contributed by atoms with Crippen LogP contribution in [0.1, 0.15) is 0 Å². The number of nitrogens with two attached hydrogens (primary N) is 1. The van der Waals surface area contributed by atoms with Crippen molar-refractivity contribution in [3.63, 3.8) is 0 Å². The van der Waals surface area contributed by atoms with Crippen LogP contribution in [0.4, 0.5) is 14.5 Å². The highest BCUT2D eigenvalue weighted by Gasteiger charge is 2.21. The van der Waals surface area contributed by atoms with Crippen LogP contribution in [-0.4, -0.2) is 49.1 Å². The molecule has 2 rings (SSSR count). The number of benzene rings is 1. The predicted molar refractivity (Wildman–Crippen MR) is 79.8 cm³/mol. The van der Waals surface area contributed by atoms with Gasteiger partial charge < -0.3 is 20.9 Å². The molecule has 0 bridgehead atoms. The van der Waals surface area contributed by atoms with Crippen LogP contribution in [0.3, 0.4) is 0 Å². The molecule has 1 atom stereocenters. The monoisotopic (exact) mass is 295 g/mol. The van der Waals surface area contributed by atoms with E-state index in [0.29, 0.717) is 12.5 Å². The molecular weight excluding hydrogens is 276 g/mol. The molecule has 1 aliphatic heterocycles. The van der Waals surface area contributed by atoms with E-state index < -0.39 is 11.6 Å². The summed E-state index contributed by atoms with van der Waals surface area (Å²) in [6, 6.07) is 3.69. The number of para-hydroxylation sites is 1. The lowest BCUT2D eigenvalue weighted by atomic mass is 10.3. The number of hydrogen-bond donors (Lipinski definition) is 2. The predicted octanol–water partition coefficient (Wildman–Crippen LogP) is 1.41. The lowest BCUT2D eigenvalue weighted by Gasteiger charge is -2.33. The van der Waals surface area contributed by atoms with Crippen LogP contribution in [-0.2, 0) is 0 Å². The molecule has 1 aromatic carbocycles. The van der Waals surface area contributed by atoms with E-state index in [2.05, 4.69) is 10.3 Å². The molecule has 0 aliphatic carbocycles. The van der Waals surface area contributed by atoms with Gasteiger partial charge in [-0.1, -0.05) is 6.07 Å². The lowest BCUT2D eigenvalue weighted by Crippen LogP contribution is -2.51. The molecule has 114 valence electrons. The summed E-state index contributed by atoms with van der Waals surface area (Å²) in [6.45, 7) is 1.32. The highest BCUT2D eigenvalue weighted by Crippen LogP contribution is 2.19. The minimum atomic E-state index is -0.673. The zero-order chi connectivity index (χ0) is 15.4. The summed E-state index contributed by atoms with van der Waals surface area (Å²) in [6.07, 6.45) is 2.86. The van der Waals surface area contributed by atoms with Crippen molar-refractivity contribution in [1.82, 2.24) is 9.80 Å². The first-order chi connectivity index (χ1) is 9.99. The van der Waals surface area contributed by atoms with Crippen LogP contribution in [0.5, 0.6) is 0 Å². The van der Waals surface area contributed by atoms with E-state index >= 15 is 0 Å². The second-order valence-electron chi connectivity index (χ2n) is 5.00. The van der Waals surface area contributed by atoms with Gasteiger partial charge in [-0.05, 0) is 32.3 Å². The normalized spacial score (nSPS) is 18.1. The average molecular weight is 295 g/mol. The first-order valence-electron chi connectivity index (χ1n) is 6.61. The molecule has 7 heteroatoms. The molecule has 0 saturated heterocycles. The van der Waals surface area contributed by atoms with Gasteiger partial charge in [0.05, 0.1) is 0 Å². The van der Waals surface area contributed by atoms with E-state index in [1.165, 1.54) is 24.4 Å². The molecule has 3 N–H and O–H groups in total. The van der Waals surface area contributed by atoms with Crippen LogP contribution in [0.25, 0.3) is 0 Å². The molecule has 1 aromatic rings. The highest BCUT2D eigenvalue weighted by molar-refractivity contribution is 5.95. The minimum absolute atomic E-state index is 0.228. The Hall–Kier alpha value is -1.99. The molecule has 0 amide bonds. The third-order valence-corrected chi connectivity index (χ3v) is 3.10. The van der Waals surface area contributed by atoms with Gasteiger partial charge in [-0.3, -0.25) is 0 Å². The smallest absolute Gasteiger partial charge is 0.204 e. The maximum atomic E-state index is 13.7. The number of likely N-dealkylation sites (N-methyl/N-ethyl adjacent to an activating group) is 1. The Morgan fingerprint density at radius 2 is 2.00 bits per heavy atom. The molecule has 0 aromatic heterocycles. The van der Waals surface area contributed by atoms with Crippen molar-refractivity contribution in [3.8, 4) is 0 Å². The molecule has 5 nitrogen and oxygen atoms in total. The topological polar surface area (TPSA) is 56.9 Å². The maximum Gasteiger partial charge on any atom is 0.204 e. The van der Waals surface area contributed by atoms with Gasteiger partial charge in [-0.15, -0.1) is 0 Å². The van der Waals surface area contributed by atoms with E-state index in [0.717, 1.165) is 6.54 Å². The summed E-state index contributed by atoms with van der Waals surface area (Å²) in [5.74, 6) is -1.02. The molecule has 0 spiro atoms. The summed E-state index contributed by atoms with van der Waals surface area (Å²) >= 11 is 0. The standard InChI is InChI=1S/C14H19F2N5/c1-20(2)8-9-21-12(17)6-7-18-14(21)19-13-10(15)4-3-5-11(13)16/h3-7,12H,8-9,17H2,1-2H3,(H,18,19). The first kappa shape index (κ1) is 15.4. The number of nitrogens with zero attached hydrogens (tertiary/aromatic N) is 3. The van der Waals surface area contributed by atoms with Crippen LogP contribution in [0.2, 0.25) is 0 Å². The number of nitrogens with one attached hydrogen (secondary N) is 1. The second kappa shape index (κ2) is 6.64. The average Bonchev–Trinajstić information content (AvgIpc) is 2.42. The second-order valence-corrected chi connectivity index (χ2v) is 5.00. The zero-order valence-corrected chi connectivity index (χ0v) is 12.1. The Morgan fingerprint density at radius 1 is 1.33 bits per heavy atom. The molecule has 21 heavy (non-hydrogen) atoms. The van der Waals surface area contributed by atoms with E-state index in [1.807, 2.05) is 19.0 Å². The molecule has 1 unspecified atom stereocenters. The molecule has 0 saturated carbocycles. The van der Waals surface area contributed by atoms with Crippen molar-refractivity contribution in [2.24, 2.45) is 10.7 Å². The first-order valence-corrected chi connectivity index (χ1v) is 6.61. The number of rotatable bonds is 4. The fourth-order valence-electron chi connectivity index (χ4n) is 1.92. The number of hydrogen-bond acceptors (Lipinski definition) is 5. The van der Waals surface area contributed by atoms with Crippen LogP contribution < -0.4 is 11.1 Å². The fourth-order valence-corrected chi connectivity index (χ4v) is 1.92. The number of guanidine groups is 1. The summed E-state index contributed by atoms with van der Waals surface area (Å²) in [4.78, 5) is 7.88. The van der Waals surface area contributed by atoms with Gasteiger partial charge in [0, 0.05) is 19.3 Å². The van der Waals surface area contributed by atoms with Gasteiger partial charge >= 0.3 is 0 Å². The number of halogens is 2. The molecular formula is C14H19F2N5. The minimum Gasteiger partial charge on any atom is -0.322 e. The van der Waals surface area contributed by atoms with E-state index in [1.54, 1.807) is 11.0 Å². The van der Waals surface area contributed by atoms with Gasteiger partial charge in [-0.2, -0.15) is 0 Å². The Balaban J connectivity index is 2.19. The molecule has 1 heterocycles. The molecule has 0 fully saturated rings. The van der Waals surface area contributed by atoms with Gasteiger partial charge in [0.1, 0.15) is 23.5 Å². The van der Waals surface area contributed by atoms with E-state index in [9.17, 15) is 8.78 Å². The fraction of sp³-hybridized carbons (Fsp3) is 0.357. The van der Waals surface area contributed by atoms with Crippen molar-refractivity contribution in [2.45, 2.75) is 6.17 Å². The van der Waals surface area contributed by atoms with E-state index in [-0.39, 0.29) is 11.9 Å². The maximum absolute atomic E-state index is 13.7. The Morgan fingerprint density at radius 3 is 2.62 bits per heavy atom. The summed E-state index contributed by atoms with van der Waals surface area (Å²) < 4.78 is 27.4. The van der Waals surface area contributed by atoms with Crippen molar-refractivity contribution >= 4 is 11.6 Å². The molecule has 1 aliphatic rings. The van der Waals surface area contributed by atoms with Gasteiger partial charge in [0.2, 0.25) is 5.96 Å². The van der Waals surface area contributed by atoms with Crippen LogP contribution in [0, 0.1) is 11.6 Å². The number of aliphatic imine (C=N–C) groups is 1. The third-order valence-electron chi connectivity index (χ3n) is 3.10. The van der Waals surface area contributed by atoms with Gasteiger partial charge in [0.15, 0.2) is 0 Å². The highest BCUT2D eigenvalue weighted by atomic mass is 19.1. The van der Waals surface area contributed by atoms with Crippen molar-refractivity contribution in [1.29, 1.82) is 0 Å². The summed E-state index contributed by atoms with van der Waals surface area (Å²) in [7, 11) is 3.87. The largest absolute Gasteiger partial charge is 0.322 e. The lowest BCUT2D eigenvalue weighted by molar-refractivity contribution is 0.299. The Kier molecular flexibility index (Phi) is 4.87. The van der Waals surface area contributed by atoms with Crippen LogP contribution in [0.15, 0.2) is 35.5 Å². The van der Waals surface area contributed by atoms with Crippen LogP contribution >= 0.6 is 0 Å². The van der Waals surface area contributed by atoms with Crippen molar-refractivity contribution < 1.29 is 8.78 Å². The quantitative estimate of drug-likeness (QED) is 0.882. The summed E-state index contributed by atoms with van der Waals surface area (Å²) in [5, 5.41) is 2.70. The number of anilines is 1. The SMILES string of the molecule is CN(C)CCN1C(Nc2c(F)cccc2F)=NC=CC1N. The van der Waals surface area contributed by atoms with Crippen molar-refractivity contribution in [2.75, 3.05) is 32.5 Å². The Bertz CT molecular complexity index is 536. The van der Waals surface area contributed by atoms with Gasteiger partial charge in [-0.25, -0.2) is 13.8 Å². The summed E-state index contributed by atoms with van der Waals surface area (Å²) in [5.41, 5.74) is 5.77. The zero-order valence-electron chi connectivity index (χ0n) is 12.1.